The second kappa shape index (κ2) is 4.28. The Bertz CT molecular complexity index is 384. The smallest absolute Gasteiger partial charge is 0.309 e. The largest absolute Gasteiger partial charge is 0.466 e. The lowest BCUT2D eigenvalue weighted by Gasteiger charge is -2.03. The predicted octanol–water partition coefficient (Wildman–Crippen LogP) is 2.13. The number of hydrogen-bond acceptors (Lipinski definition) is 3. The van der Waals surface area contributed by atoms with Gasteiger partial charge in [0.15, 0.2) is 0 Å². The lowest BCUT2D eigenvalue weighted by molar-refractivity contribution is -0.144. The van der Waals surface area contributed by atoms with E-state index in [-0.39, 0.29) is 11.9 Å². The molecule has 1 saturated carbocycles. The Morgan fingerprint density at radius 3 is 3.00 bits per heavy atom. The van der Waals surface area contributed by atoms with Crippen molar-refractivity contribution in [2.24, 2.45) is 5.92 Å². The molecule has 1 aliphatic carbocycles. The zero-order valence-corrected chi connectivity index (χ0v) is 10.0. The van der Waals surface area contributed by atoms with Crippen molar-refractivity contribution in [2.75, 3.05) is 6.61 Å². The predicted molar refractivity (Wildman–Crippen MR) is 60.1 cm³/mol. The molecule has 1 fully saturated rings. The van der Waals surface area contributed by atoms with Crippen molar-refractivity contribution in [3.05, 3.63) is 18.0 Å². The second-order valence-corrected chi connectivity index (χ2v) is 4.55. The monoisotopic (exact) mass is 222 g/mol. The van der Waals surface area contributed by atoms with Gasteiger partial charge in [-0.1, -0.05) is 0 Å². The van der Waals surface area contributed by atoms with Gasteiger partial charge in [0.05, 0.1) is 18.7 Å². The van der Waals surface area contributed by atoms with Gasteiger partial charge in [-0.2, -0.15) is 5.10 Å². The molecule has 0 spiro atoms. The van der Waals surface area contributed by atoms with Gasteiger partial charge in [0.25, 0.3) is 0 Å². The standard InChI is InChI=1S/C12H18N2O2/c1-4-16-12(15)11-5-10(11)9-6-13-14(7-9)8(2)3/h6-8,10-11H,4-5H2,1-3H3. The molecule has 0 saturated heterocycles. The number of nitrogens with zero attached hydrogens (tertiary/aromatic N) is 2. The average molecular weight is 222 g/mol. The highest BCUT2D eigenvalue weighted by molar-refractivity contribution is 5.77. The fraction of sp³-hybridized carbons (Fsp3) is 0.667. The summed E-state index contributed by atoms with van der Waals surface area (Å²) in [7, 11) is 0. The first-order valence-corrected chi connectivity index (χ1v) is 5.84. The van der Waals surface area contributed by atoms with Crippen LogP contribution in [0.4, 0.5) is 0 Å². The lowest BCUT2D eigenvalue weighted by Crippen LogP contribution is -2.07. The molecule has 1 aromatic rings. The fourth-order valence-electron chi connectivity index (χ4n) is 1.90. The van der Waals surface area contributed by atoms with E-state index in [2.05, 4.69) is 18.9 Å². The summed E-state index contributed by atoms with van der Waals surface area (Å²) in [4.78, 5) is 11.5. The normalized spacial score (nSPS) is 23.5. The molecule has 0 aliphatic heterocycles. The Hall–Kier alpha value is -1.32. The first-order chi connectivity index (χ1) is 7.63. The number of rotatable bonds is 4. The van der Waals surface area contributed by atoms with Crippen LogP contribution in [-0.2, 0) is 9.53 Å². The first kappa shape index (κ1) is 11.2. The second-order valence-electron chi connectivity index (χ2n) is 4.55. The van der Waals surface area contributed by atoms with Crippen LogP contribution < -0.4 is 0 Å². The van der Waals surface area contributed by atoms with Gasteiger partial charge in [0.2, 0.25) is 0 Å². The Morgan fingerprint density at radius 2 is 2.44 bits per heavy atom. The summed E-state index contributed by atoms with van der Waals surface area (Å²) in [6, 6.07) is 0.369. The third-order valence-corrected chi connectivity index (χ3v) is 2.96. The zero-order valence-electron chi connectivity index (χ0n) is 10.0. The number of esters is 1. The average Bonchev–Trinajstić information content (AvgIpc) is 2.88. The molecule has 1 aromatic heterocycles. The van der Waals surface area contributed by atoms with E-state index in [0.29, 0.717) is 18.6 Å². The van der Waals surface area contributed by atoms with Gasteiger partial charge >= 0.3 is 5.97 Å². The minimum absolute atomic E-state index is 0.0600. The van der Waals surface area contributed by atoms with Gasteiger partial charge in [-0.05, 0) is 32.8 Å². The summed E-state index contributed by atoms with van der Waals surface area (Å²) in [5.41, 5.74) is 1.16. The van der Waals surface area contributed by atoms with Gasteiger partial charge < -0.3 is 4.74 Å². The van der Waals surface area contributed by atoms with Crippen LogP contribution >= 0.6 is 0 Å². The van der Waals surface area contributed by atoms with Crippen molar-refractivity contribution >= 4 is 5.97 Å². The molecule has 4 heteroatoms. The van der Waals surface area contributed by atoms with Crippen molar-refractivity contribution < 1.29 is 9.53 Å². The molecule has 0 radical (unpaired) electrons. The Labute approximate surface area is 95.6 Å². The van der Waals surface area contributed by atoms with E-state index in [9.17, 15) is 4.79 Å². The minimum Gasteiger partial charge on any atom is -0.466 e. The number of ether oxygens (including phenoxy) is 1. The zero-order chi connectivity index (χ0) is 11.7. The van der Waals surface area contributed by atoms with Crippen molar-refractivity contribution in [3.63, 3.8) is 0 Å². The van der Waals surface area contributed by atoms with Crippen LogP contribution in [-0.4, -0.2) is 22.4 Å². The van der Waals surface area contributed by atoms with Gasteiger partial charge in [-0.15, -0.1) is 0 Å². The highest BCUT2D eigenvalue weighted by Gasteiger charge is 2.45. The van der Waals surface area contributed by atoms with Gasteiger partial charge in [-0.3, -0.25) is 9.48 Å². The van der Waals surface area contributed by atoms with Crippen LogP contribution in [0.1, 0.15) is 44.7 Å². The highest BCUT2D eigenvalue weighted by atomic mass is 16.5. The molecule has 16 heavy (non-hydrogen) atoms. The van der Waals surface area contributed by atoms with E-state index in [1.165, 1.54) is 0 Å². The van der Waals surface area contributed by atoms with E-state index >= 15 is 0 Å². The molecule has 2 unspecified atom stereocenters. The van der Waals surface area contributed by atoms with E-state index in [1.54, 1.807) is 0 Å². The molecule has 2 atom stereocenters. The van der Waals surface area contributed by atoms with Gasteiger partial charge in [0, 0.05) is 18.2 Å². The molecule has 2 rings (SSSR count). The summed E-state index contributed by atoms with van der Waals surface area (Å²) < 4.78 is 6.93. The molecular formula is C12H18N2O2. The molecule has 0 amide bonds. The molecule has 0 N–H and O–H groups in total. The maximum Gasteiger partial charge on any atom is 0.309 e. The van der Waals surface area contributed by atoms with Crippen molar-refractivity contribution in [1.29, 1.82) is 0 Å². The molecular weight excluding hydrogens is 204 g/mol. The summed E-state index contributed by atoms with van der Waals surface area (Å²) in [6.45, 7) is 6.48. The Morgan fingerprint density at radius 1 is 1.69 bits per heavy atom. The van der Waals surface area contributed by atoms with Crippen LogP contribution in [0.15, 0.2) is 12.4 Å². The van der Waals surface area contributed by atoms with E-state index in [1.807, 2.05) is 24.0 Å². The molecule has 88 valence electrons. The third kappa shape index (κ3) is 2.10. The van der Waals surface area contributed by atoms with Crippen LogP contribution in [0.3, 0.4) is 0 Å². The minimum atomic E-state index is -0.0650. The summed E-state index contributed by atoms with van der Waals surface area (Å²) in [5, 5.41) is 4.28. The lowest BCUT2D eigenvalue weighted by atomic mass is 10.2. The molecule has 0 aromatic carbocycles. The fourth-order valence-corrected chi connectivity index (χ4v) is 1.90. The topological polar surface area (TPSA) is 44.1 Å². The van der Waals surface area contributed by atoms with Gasteiger partial charge in [0.1, 0.15) is 0 Å². The molecule has 1 aliphatic rings. The van der Waals surface area contributed by atoms with Gasteiger partial charge in [-0.25, -0.2) is 0 Å². The van der Waals surface area contributed by atoms with Crippen molar-refractivity contribution in [2.45, 2.75) is 39.2 Å². The van der Waals surface area contributed by atoms with Crippen LogP contribution in [0, 0.1) is 5.92 Å². The van der Waals surface area contributed by atoms with E-state index < -0.39 is 0 Å². The Kier molecular flexibility index (Phi) is 2.99. The molecule has 4 nitrogen and oxygen atoms in total. The first-order valence-electron chi connectivity index (χ1n) is 5.84. The maximum absolute atomic E-state index is 11.5. The SMILES string of the molecule is CCOC(=O)C1CC1c1cnn(C(C)C)c1. The van der Waals surface area contributed by atoms with Crippen molar-refractivity contribution in [3.8, 4) is 0 Å². The number of carbonyl (C=O) groups is 1. The van der Waals surface area contributed by atoms with E-state index in [4.69, 9.17) is 4.74 Å². The molecule has 1 heterocycles. The summed E-state index contributed by atoms with van der Waals surface area (Å²) in [6.07, 6.45) is 4.81. The number of aromatic nitrogens is 2. The summed E-state index contributed by atoms with van der Waals surface area (Å²) in [5.74, 6) is 0.320. The maximum atomic E-state index is 11.5. The Balaban J connectivity index is 1.97. The van der Waals surface area contributed by atoms with E-state index in [0.717, 1.165) is 12.0 Å². The van der Waals surface area contributed by atoms with Crippen LogP contribution in [0.2, 0.25) is 0 Å². The third-order valence-electron chi connectivity index (χ3n) is 2.96. The van der Waals surface area contributed by atoms with Crippen molar-refractivity contribution in [1.82, 2.24) is 9.78 Å². The number of hydrogen-bond donors (Lipinski definition) is 0. The quantitative estimate of drug-likeness (QED) is 0.733. The number of carbonyl (C=O) groups excluding carboxylic acids is 1. The van der Waals surface area contributed by atoms with Crippen LogP contribution in [0.5, 0.6) is 0 Å². The molecule has 0 bridgehead atoms. The highest BCUT2D eigenvalue weighted by Crippen LogP contribution is 2.48. The van der Waals surface area contributed by atoms with Crippen LogP contribution in [0.25, 0.3) is 0 Å². The summed E-state index contributed by atoms with van der Waals surface area (Å²) >= 11 is 0.